The van der Waals surface area contributed by atoms with E-state index < -0.39 is 6.43 Å². The number of aromatic nitrogens is 4. The summed E-state index contributed by atoms with van der Waals surface area (Å²) < 4.78 is 40.6. The Bertz CT molecular complexity index is 1210. The lowest BCUT2D eigenvalue weighted by Crippen LogP contribution is -2.38. The molecule has 0 spiro atoms. The molecule has 37 heavy (non-hydrogen) atoms. The van der Waals surface area contributed by atoms with Gasteiger partial charge in [0, 0.05) is 51.5 Å². The average molecular weight is 514 g/mol. The Hall–Kier alpha value is -2.89. The lowest BCUT2D eigenvalue weighted by molar-refractivity contribution is 0.0413. The number of halogens is 2. The number of alkyl halides is 2. The summed E-state index contributed by atoms with van der Waals surface area (Å²) in [5, 5.41) is 3.44. The van der Waals surface area contributed by atoms with Crippen molar-refractivity contribution in [1.29, 1.82) is 0 Å². The Morgan fingerprint density at radius 1 is 0.919 bits per heavy atom. The molecule has 0 amide bonds. The maximum Gasteiger partial charge on any atom is 0.296 e. The van der Waals surface area contributed by atoms with Gasteiger partial charge >= 0.3 is 0 Å². The van der Waals surface area contributed by atoms with Crippen LogP contribution < -0.4 is 10.2 Å². The van der Waals surface area contributed by atoms with Crippen molar-refractivity contribution < 1.29 is 18.3 Å². The van der Waals surface area contributed by atoms with E-state index in [1.54, 1.807) is 24.3 Å². The van der Waals surface area contributed by atoms with Crippen molar-refractivity contribution in [3.63, 3.8) is 0 Å². The van der Waals surface area contributed by atoms with E-state index in [0.717, 1.165) is 52.1 Å². The molecule has 0 unspecified atom stereocenters. The first kappa shape index (κ1) is 24.4. The largest absolute Gasteiger partial charge is 0.381 e. The average Bonchev–Trinajstić information content (AvgIpc) is 3.58. The van der Waals surface area contributed by atoms with Crippen LogP contribution in [0.1, 0.15) is 31.5 Å². The number of morpholine rings is 1. The molecule has 1 N–H and O–H groups in total. The maximum absolute atomic E-state index is 14.1. The molecule has 0 bridgehead atoms. The number of rotatable bonds is 7. The predicted octanol–water partition coefficient (Wildman–Crippen LogP) is 3.50. The fourth-order valence-corrected chi connectivity index (χ4v) is 5.65. The minimum Gasteiger partial charge on any atom is -0.381 e. The molecule has 1 aromatic carbocycles. The Balaban J connectivity index is 1.28. The van der Waals surface area contributed by atoms with E-state index in [2.05, 4.69) is 20.1 Å². The van der Waals surface area contributed by atoms with Crippen molar-refractivity contribution in [2.24, 2.45) is 5.92 Å². The molecule has 3 aromatic rings. The zero-order valence-electron chi connectivity index (χ0n) is 20.9. The number of para-hydroxylation sites is 2. The summed E-state index contributed by atoms with van der Waals surface area (Å²) in [6, 6.07) is 9.54. The van der Waals surface area contributed by atoms with Crippen LogP contribution in [0.15, 0.2) is 30.3 Å². The molecular formula is C26H33F2N7O2. The van der Waals surface area contributed by atoms with Crippen LogP contribution in [-0.2, 0) is 9.47 Å². The topological polar surface area (TPSA) is 80.6 Å². The lowest BCUT2D eigenvalue weighted by atomic mass is 10.1. The third-order valence-corrected chi connectivity index (χ3v) is 7.62. The van der Waals surface area contributed by atoms with E-state index >= 15 is 0 Å². The number of fused-ring (bicyclic) bond motifs is 1. The first-order chi connectivity index (χ1) is 18.2. The predicted molar refractivity (Wildman–Crippen MR) is 137 cm³/mol. The van der Waals surface area contributed by atoms with E-state index in [1.165, 1.54) is 4.57 Å². The molecule has 9 nitrogen and oxygen atoms in total. The van der Waals surface area contributed by atoms with Crippen LogP contribution in [0, 0.1) is 5.92 Å². The molecule has 0 saturated carbocycles. The number of likely N-dealkylation sites (tertiary alicyclic amines) is 1. The van der Waals surface area contributed by atoms with E-state index in [1.807, 2.05) is 6.07 Å². The Kier molecular flexibility index (Phi) is 7.16. The third-order valence-electron chi connectivity index (χ3n) is 7.62. The Labute approximate surface area is 214 Å². The molecule has 3 aliphatic rings. The molecule has 198 valence electrons. The van der Waals surface area contributed by atoms with Gasteiger partial charge in [-0.15, -0.1) is 0 Å². The third kappa shape index (κ3) is 5.25. The van der Waals surface area contributed by atoms with E-state index in [0.29, 0.717) is 66.9 Å². The molecule has 3 fully saturated rings. The highest BCUT2D eigenvalue weighted by Gasteiger charge is 2.29. The highest BCUT2D eigenvalue weighted by molar-refractivity contribution is 5.78. The zero-order valence-corrected chi connectivity index (χ0v) is 20.9. The molecule has 0 aliphatic carbocycles. The van der Waals surface area contributed by atoms with Crippen LogP contribution in [0.25, 0.3) is 16.9 Å². The number of anilines is 2. The molecule has 11 heteroatoms. The smallest absolute Gasteiger partial charge is 0.296 e. The van der Waals surface area contributed by atoms with E-state index in [-0.39, 0.29) is 5.82 Å². The number of nitrogens with zero attached hydrogens (tertiary/aromatic N) is 6. The summed E-state index contributed by atoms with van der Waals surface area (Å²) in [7, 11) is 0. The fraction of sp³-hybridized carbons (Fsp3) is 0.577. The van der Waals surface area contributed by atoms with Crippen molar-refractivity contribution in [3.05, 3.63) is 36.2 Å². The van der Waals surface area contributed by atoms with Crippen LogP contribution in [0.3, 0.4) is 0 Å². The molecule has 5 heterocycles. The zero-order chi connectivity index (χ0) is 25.2. The summed E-state index contributed by atoms with van der Waals surface area (Å²) in [6.07, 6.45) is 0.571. The van der Waals surface area contributed by atoms with Gasteiger partial charge in [0.25, 0.3) is 6.43 Å². The summed E-state index contributed by atoms with van der Waals surface area (Å²) in [6.45, 7) is 7.13. The van der Waals surface area contributed by atoms with Crippen molar-refractivity contribution >= 4 is 22.8 Å². The minimum absolute atomic E-state index is 0.318. The van der Waals surface area contributed by atoms with Crippen LogP contribution in [0.5, 0.6) is 0 Å². The Morgan fingerprint density at radius 2 is 1.68 bits per heavy atom. The SMILES string of the molecule is FC(F)c1nc2ccccc2n1-c1cc(N2CCOCC2)nc(NC[C@H]2CCN(C3CCOCC3)C2)n1. The van der Waals surface area contributed by atoms with E-state index in [9.17, 15) is 8.78 Å². The molecule has 0 radical (unpaired) electrons. The first-order valence-corrected chi connectivity index (χ1v) is 13.2. The minimum atomic E-state index is -2.74. The van der Waals surface area contributed by atoms with Gasteiger partial charge in [0.15, 0.2) is 5.82 Å². The van der Waals surface area contributed by atoms with Crippen LogP contribution >= 0.6 is 0 Å². The monoisotopic (exact) mass is 513 g/mol. The molecule has 2 aromatic heterocycles. The van der Waals surface area contributed by atoms with Gasteiger partial charge in [-0.05, 0) is 43.9 Å². The summed E-state index contributed by atoms with van der Waals surface area (Å²) in [5.41, 5.74) is 1.11. The normalized spacial score (nSPS) is 21.8. The number of hydrogen-bond donors (Lipinski definition) is 1. The molecule has 1 atom stereocenters. The number of ether oxygens (including phenoxy) is 2. The Morgan fingerprint density at radius 3 is 2.49 bits per heavy atom. The summed E-state index contributed by atoms with van der Waals surface area (Å²) in [4.78, 5) is 18.4. The van der Waals surface area contributed by atoms with Crippen LogP contribution in [0.2, 0.25) is 0 Å². The van der Waals surface area contributed by atoms with Crippen molar-refractivity contribution in [2.45, 2.75) is 31.7 Å². The van der Waals surface area contributed by atoms with Gasteiger partial charge in [-0.25, -0.2) is 13.8 Å². The van der Waals surface area contributed by atoms with Crippen molar-refractivity contribution in [1.82, 2.24) is 24.4 Å². The van der Waals surface area contributed by atoms with Gasteiger partial charge in [0.2, 0.25) is 5.95 Å². The molecular weight excluding hydrogens is 480 g/mol. The standard InChI is InChI=1S/C26H33F2N7O2/c27-24(28)25-30-20-3-1-2-4-21(20)35(25)23-15-22(33-9-13-37-14-10-33)31-26(32-23)29-16-18-5-8-34(17-18)19-6-11-36-12-7-19/h1-4,15,18-19,24H,5-14,16-17H2,(H,29,31,32)/t18-/m1/s1. The first-order valence-electron chi connectivity index (χ1n) is 13.2. The van der Waals surface area contributed by atoms with Crippen LogP contribution in [-0.4, -0.2) is 89.6 Å². The van der Waals surface area contributed by atoms with Crippen molar-refractivity contribution in [2.75, 3.05) is 69.4 Å². The maximum atomic E-state index is 14.1. The number of hydrogen-bond acceptors (Lipinski definition) is 8. The quantitative estimate of drug-likeness (QED) is 0.514. The van der Waals surface area contributed by atoms with Crippen LogP contribution in [0.4, 0.5) is 20.5 Å². The molecule has 3 aliphatic heterocycles. The summed E-state index contributed by atoms with van der Waals surface area (Å²) >= 11 is 0. The van der Waals surface area contributed by atoms with Gasteiger partial charge in [-0.2, -0.15) is 9.97 Å². The lowest BCUT2D eigenvalue weighted by Gasteiger charge is -2.31. The van der Waals surface area contributed by atoms with Gasteiger partial charge in [-0.1, -0.05) is 12.1 Å². The second-order valence-corrected chi connectivity index (χ2v) is 9.98. The fourth-order valence-electron chi connectivity index (χ4n) is 5.65. The molecule has 3 saturated heterocycles. The van der Waals surface area contributed by atoms with E-state index in [4.69, 9.17) is 19.4 Å². The highest BCUT2D eigenvalue weighted by Crippen LogP contribution is 2.30. The highest BCUT2D eigenvalue weighted by atomic mass is 19.3. The van der Waals surface area contributed by atoms with Gasteiger partial charge in [0.1, 0.15) is 11.6 Å². The number of nitrogens with one attached hydrogen (secondary N) is 1. The molecule has 6 rings (SSSR count). The second-order valence-electron chi connectivity index (χ2n) is 9.98. The number of imidazole rings is 1. The van der Waals surface area contributed by atoms with Gasteiger partial charge < -0.3 is 19.7 Å². The number of benzene rings is 1. The van der Waals surface area contributed by atoms with Crippen molar-refractivity contribution in [3.8, 4) is 5.82 Å². The summed E-state index contributed by atoms with van der Waals surface area (Å²) in [5.74, 6) is 1.69. The van der Waals surface area contributed by atoms with Gasteiger partial charge in [0.05, 0.1) is 24.2 Å². The van der Waals surface area contributed by atoms with Gasteiger partial charge in [-0.3, -0.25) is 9.47 Å². The second kappa shape index (κ2) is 10.8.